The van der Waals surface area contributed by atoms with Crippen molar-refractivity contribution in [2.75, 3.05) is 6.61 Å². The van der Waals surface area contributed by atoms with Crippen molar-refractivity contribution < 1.29 is 19.7 Å². The minimum absolute atomic E-state index is 0.362. The standard InChI is InChI=1S/C14H20O4/c1-2-3-4-5-10-18-12-8-6-11(7-9-12)13(15)14(16)17/h6-9,13,15H,2-5,10H2,1H3,(H,16,17). The largest absolute Gasteiger partial charge is 0.494 e. The fraction of sp³-hybridized carbons (Fsp3) is 0.500. The van der Waals surface area contributed by atoms with Gasteiger partial charge in [0.15, 0.2) is 6.10 Å². The molecule has 0 aliphatic heterocycles. The molecule has 1 rings (SSSR count). The van der Waals surface area contributed by atoms with Gasteiger partial charge in [-0.05, 0) is 24.1 Å². The van der Waals surface area contributed by atoms with Crippen molar-refractivity contribution in [1.29, 1.82) is 0 Å². The number of aliphatic carboxylic acids is 1. The summed E-state index contributed by atoms with van der Waals surface area (Å²) in [7, 11) is 0. The van der Waals surface area contributed by atoms with Crippen LogP contribution in [0.4, 0.5) is 0 Å². The lowest BCUT2D eigenvalue weighted by Gasteiger charge is -2.08. The molecule has 0 saturated heterocycles. The van der Waals surface area contributed by atoms with Gasteiger partial charge in [0.1, 0.15) is 5.75 Å². The second-order valence-corrected chi connectivity index (χ2v) is 4.22. The van der Waals surface area contributed by atoms with E-state index >= 15 is 0 Å². The van der Waals surface area contributed by atoms with Gasteiger partial charge in [0, 0.05) is 0 Å². The molecule has 0 aliphatic carbocycles. The summed E-state index contributed by atoms with van der Waals surface area (Å²) < 4.78 is 5.52. The number of carboxylic acid groups (broad SMARTS) is 1. The normalized spacial score (nSPS) is 12.1. The van der Waals surface area contributed by atoms with E-state index in [1.54, 1.807) is 24.3 Å². The van der Waals surface area contributed by atoms with Crippen molar-refractivity contribution in [3.63, 3.8) is 0 Å². The molecule has 0 saturated carbocycles. The number of hydrogen-bond acceptors (Lipinski definition) is 3. The maximum atomic E-state index is 10.6. The van der Waals surface area contributed by atoms with Crippen molar-refractivity contribution in [3.05, 3.63) is 29.8 Å². The van der Waals surface area contributed by atoms with Gasteiger partial charge in [-0.3, -0.25) is 0 Å². The van der Waals surface area contributed by atoms with E-state index in [1.165, 1.54) is 12.8 Å². The molecule has 0 bridgehead atoms. The zero-order valence-electron chi connectivity index (χ0n) is 10.6. The minimum Gasteiger partial charge on any atom is -0.494 e. The Balaban J connectivity index is 2.38. The molecule has 0 fully saturated rings. The summed E-state index contributed by atoms with van der Waals surface area (Å²) in [4.78, 5) is 10.6. The molecule has 4 heteroatoms. The second-order valence-electron chi connectivity index (χ2n) is 4.22. The zero-order chi connectivity index (χ0) is 13.4. The summed E-state index contributed by atoms with van der Waals surface area (Å²) in [5.74, 6) is -0.545. The van der Waals surface area contributed by atoms with E-state index in [2.05, 4.69) is 6.92 Å². The van der Waals surface area contributed by atoms with Crippen LogP contribution >= 0.6 is 0 Å². The topological polar surface area (TPSA) is 66.8 Å². The van der Waals surface area contributed by atoms with Crippen molar-refractivity contribution in [2.24, 2.45) is 0 Å². The van der Waals surface area contributed by atoms with Crippen LogP contribution in [0.5, 0.6) is 5.75 Å². The molecule has 0 heterocycles. The zero-order valence-corrected chi connectivity index (χ0v) is 10.6. The van der Waals surface area contributed by atoms with E-state index in [9.17, 15) is 9.90 Å². The van der Waals surface area contributed by atoms with Crippen molar-refractivity contribution in [2.45, 2.75) is 38.7 Å². The first-order valence-electron chi connectivity index (χ1n) is 6.28. The smallest absolute Gasteiger partial charge is 0.337 e. The Morgan fingerprint density at radius 1 is 1.22 bits per heavy atom. The van der Waals surface area contributed by atoms with E-state index in [0.717, 1.165) is 12.8 Å². The molecule has 4 nitrogen and oxygen atoms in total. The van der Waals surface area contributed by atoms with Gasteiger partial charge in [-0.25, -0.2) is 4.79 Å². The summed E-state index contributed by atoms with van der Waals surface area (Å²) in [5, 5.41) is 18.0. The molecule has 0 spiro atoms. The quantitative estimate of drug-likeness (QED) is 0.698. The van der Waals surface area contributed by atoms with Crippen LogP contribution in [0.1, 0.15) is 44.3 Å². The predicted octanol–water partition coefficient (Wildman–Crippen LogP) is 2.76. The van der Waals surface area contributed by atoms with Crippen LogP contribution < -0.4 is 4.74 Å². The lowest BCUT2D eigenvalue weighted by molar-refractivity contribution is -0.146. The SMILES string of the molecule is CCCCCCOc1ccc(C(O)C(=O)O)cc1. The third-order valence-corrected chi connectivity index (χ3v) is 2.70. The lowest BCUT2D eigenvalue weighted by atomic mass is 10.1. The van der Waals surface area contributed by atoms with Crippen LogP contribution in [0.25, 0.3) is 0 Å². The number of ether oxygens (including phenoxy) is 1. The molecular weight excluding hydrogens is 232 g/mol. The first-order chi connectivity index (χ1) is 8.65. The predicted molar refractivity (Wildman–Crippen MR) is 68.7 cm³/mol. The van der Waals surface area contributed by atoms with Crippen LogP contribution in [-0.4, -0.2) is 22.8 Å². The summed E-state index contributed by atoms with van der Waals surface area (Å²) in [6.45, 7) is 2.83. The summed E-state index contributed by atoms with van der Waals surface area (Å²) in [5.41, 5.74) is 0.362. The number of unbranched alkanes of at least 4 members (excludes halogenated alkanes) is 3. The molecule has 1 atom stereocenters. The monoisotopic (exact) mass is 252 g/mol. The highest BCUT2D eigenvalue weighted by atomic mass is 16.5. The molecule has 100 valence electrons. The number of hydrogen-bond donors (Lipinski definition) is 2. The van der Waals surface area contributed by atoms with Gasteiger partial charge in [-0.15, -0.1) is 0 Å². The molecule has 1 aromatic rings. The van der Waals surface area contributed by atoms with Gasteiger partial charge >= 0.3 is 5.97 Å². The minimum atomic E-state index is -1.47. The Morgan fingerprint density at radius 3 is 2.44 bits per heavy atom. The third kappa shape index (κ3) is 4.75. The van der Waals surface area contributed by atoms with E-state index in [4.69, 9.17) is 9.84 Å². The van der Waals surface area contributed by atoms with Crippen LogP contribution in [0.15, 0.2) is 24.3 Å². The van der Waals surface area contributed by atoms with Crippen LogP contribution in [-0.2, 0) is 4.79 Å². The van der Waals surface area contributed by atoms with Gasteiger partial charge in [0.2, 0.25) is 0 Å². The number of aliphatic hydroxyl groups excluding tert-OH is 1. The molecule has 18 heavy (non-hydrogen) atoms. The molecule has 0 aliphatic rings. The number of carbonyl (C=O) groups is 1. The molecule has 0 amide bonds. The molecule has 0 aromatic heterocycles. The summed E-state index contributed by atoms with van der Waals surface area (Å²) >= 11 is 0. The van der Waals surface area contributed by atoms with Crippen LogP contribution in [0.2, 0.25) is 0 Å². The fourth-order valence-corrected chi connectivity index (χ4v) is 1.61. The Morgan fingerprint density at radius 2 is 1.89 bits per heavy atom. The van der Waals surface area contributed by atoms with Gasteiger partial charge in [0.05, 0.1) is 6.61 Å². The van der Waals surface area contributed by atoms with E-state index in [1.807, 2.05) is 0 Å². The van der Waals surface area contributed by atoms with Gasteiger partial charge in [-0.2, -0.15) is 0 Å². The maximum Gasteiger partial charge on any atom is 0.337 e. The molecule has 1 unspecified atom stereocenters. The highest BCUT2D eigenvalue weighted by Crippen LogP contribution is 2.18. The second kappa shape index (κ2) is 7.71. The Bertz CT molecular complexity index is 359. The van der Waals surface area contributed by atoms with Gasteiger partial charge < -0.3 is 14.9 Å². The third-order valence-electron chi connectivity index (χ3n) is 2.70. The Kier molecular flexibility index (Phi) is 6.22. The molecule has 0 radical (unpaired) electrons. The van der Waals surface area contributed by atoms with Gasteiger partial charge in [0.25, 0.3) is 0 Å². The molecule has 2 N–H and O–H groups in total. The average Bonchev–Trinajstić information content (AvgIpc) is 2.38. The Labute approximate surface area is 107 Å². The van der Waals surface area contributed by atoms with Crippen LogP contribution in [0, 0.1) is 0 Å². The summed E-state index contributed by atoms with van der Waals surface area (Å²) in [6.07, 6.45) is 3.12. The Hall–Kier alpha value is -1.55. The highest BCUT2D eigenvalue weighted by molar-refractivity contribution is 5.74. The fourth-order valence-electron chi connectivity index (χ4n) is 1.61. The summed E-state index contributed by atoms with van der Waals surface area (Å²) in [6, 6.07) is 6.50. The van der Waals surface area contributed by atoms with Crippen molar-refractivity contribution in [3.8, 4) is 5.75 Å². The number of carboxylic acids is 1. The van der Waals surface area contributed by atoms with Gasteiger partial charge in [-0.1, -0.05) is 38.3 Å². The maximum absolute atomic E-state index is 10.6. The number of rotatable bonds is 8. The van der Waals surface area contributed by atoms with E-state index < -0.39 is 12.1 Å². The lowest BCUT2D eigenvalue weighted by Crippen LogP contribution is -2.10. The van der Waals surface area contributed by atoms with E-state index in [-0.39, 0.29) is 0 Å². The van der Waals surface area contributed by atoms with Crippen molar-refractivity contribution in [1.82, 2.24) is 0 Å². The molecule has 1 aromatic carbocycles. The average molecular weight is 252 g/mol. The first kappa shape index (κ1) is 14.5. The molecular formula is C14H20O4. The highest BCUT2D eigenvalue weighted by Gasteiger charge is 2.15. The number of aliphatic hydroxyl groups is 1. The van der Waals surface area contributed by atoms with Crippen molar-refractivity contribution >= 4 is 5.97 Å². The number of benzene rings is 1. The first-order valence-corrected chi connectivity index (χ1v) is 6.28. The van der Waals surface area contributed by atoms with Crippen LogP contribution in [0.3, 0.4) is 0 Å². The van der Waals surface area contributed by atoms with E-state index in [0.29, 0.717) is 17.9 Å².